The maximum absolute atomic E-state index is 14.0. The second-order valence-electron chi connectivity index (χ2n) is 9.77. The van der Waals surface area contributed by atoms with Crippen molar-refractivity contribution < 1.29 is 13.9 Å². The Labute approximate surface area is 224 Å². The molecule has 7 heteroatoms. The average Bonchev–Trinajstić information content (AvgIpc) is 3.18. The Hall–Kier alpha value is -2.44. The van der Waals surface area contributed by atoms with Crippen LogP contribution in [-0.2, 0) is 19.4 Å². The molecular formula is C28H28FIN2O2S. The van der Waals surface area contributed by atoms with E-state index in [4.69, 9.17) is 14.5 Å². The molecule has 0 saturated heterocycles. The van der Waals surface area contributed by atoms with E-state index in [2.05, 4.69) is 49.4 Å². The maximum atomic E-state index is 14.0. The third kappa shape index (κ3) is 5.70. The smallest absolute Gasteiger partial charge is 0.174 e. The Balaban J connectivity index is 1.57. The highest BCUT2D eigenvalue weighted by Gasteiger charge is 2.32. The number of benzene rings is 2. The van der Waals surface area contributed by atoms with Crippen molar-refractivity contribution in [2.45, 2.75) is 46.6 Å². The number of hydrogen-bond donors (Lipinski definition) is 0. The van der Waals surface area contributed by atoms with Crippen LogP contribution in [0.5, 0.6) is 11.5 Å². The molecule has 0 radical (unpaired) electrons. The van der Waals surface area contributed by atoms with E-state index in [1.807, 2.05) is 12.1 Å². The second kappa shape index (κ2) is 10.7. The van der Waals surface area contributed by atoms with E-state index in [0.29, 0.717) is 28.5 Å². The van der Waals surface area contributed by atoms with Gasteiger partial charge in [-0.3, -0.25) is 0 Å². The highest BCUT2D eigenvalue weighted by atomic mass is 127. The van der Waals surface area contributed by atoms with Gasteiger partial charge in [-0.15, -0.1) is 11.3 Å². The molecule has 0 unspecified atom stereocenters. The number of fused-ring (bicyclic) bond motifs is 1. The summed E-state index contributed by atoms with van der Waals surface area (Å²) in [5, 5.41) is 10.6. The number of nitrogens with zero attached hydrogens (tertiary/aromatic N) is 2. The minimum atomic E-state index is -0.300. The monoisotopic (exact) mass is 602 g/mol. The molecule has 0 amide bonds. The number of hydrogen-bond acceptors (Lipinski definition) is 5. The van der Waals surface area contributed by atoms with Gasteiger partial charge in [0.1, 0.15) is 23.5 Å². The van der Waals surface area contributed by atoms with Crippen LogP contribution in [0.3, 0.4) is 0 Å². The van der Waals surface area contributed by atoms with Gasteiger partial charge in [0.15, 0.2) is 11.5 Å². The summed E-state index contributed by atoms with van der Waals surface area (Å²) in [6.07, 6.45) is 4.82. The molecule has 1 heterocycles. The van der Waals surface area contributed by atoms with Gasteiger partial charge in [-0.25, -0.2) is 9.38 Å². The molecule has 1 aromatic heterocycles. The van der Waals surface area contributed by atoms with Crippen LogP contribution < -0.4 is 9.47 Å². The second-order valence-corrected chi connectivity index (χ2v) is 12.0. The normalized spacial score (nSPS) is 15.6. The molecule has 4 nitrogen and oxygen atoms in total. The van der Waals surface area contributed by atoms with E-state index >= 15 is 0 Å². The first-order valence-electron chi connectivity index (χ1n) is 11.5. The van der Waals surface area contributed by atoms with E-state index in [-0.39, 0.29) is 17.8 Å². The Kier molecular flexibility index (Phi) is 7.82. The van der Waals surface area contributed by atoms with Gasteiger partial charge in [-0.05, 0) is 82.5 Å². The van der Waals surface area contributed by atoms with Crippen LogP contribution in [0.1, 0.15) is 54.3 Å². The molecule has 3 aromatic rings. The number of thiophene rings is 1. The third-order valence-corrected chi connectivity index (χ3v) is 8.46. The molecule has 0 fully saturated rings. The van der Waals surface area contributed by atoms with Crippen LogP contribution in [0.15, 0.2) is 41.4 Å². The zero-order chi connectivity index (χ0) is 25.2. The fraction of sp³-hybridized carbons (Fsp3) is 0.357. The summed E-state index contributed by atoms with van der Waals surface area (Å²) in [6.45, 7) is 6.98. The number of methoxy groups -OCH3 is 1. The van der Waals surface area contributed by atoms with Crippen molar-refractivity contribution in [2.24, 2.45) is 16.3 Å². The molecule has 0 aliphatic heterocycles. The SMILES string of the molecule is COc1cc(C=Nc2sc3c(c2C#N)CC[C@@H](C(C)(C)C)C3)cc(I)c1OCc1ccccc1F. The standard InChI is InChI=1S/C28H28FIN2O2S/c1-28(2,3)19-9-10-20-21(14-31)27(35-25(20)13-19)32-15-17-11-23(30)26(24(12-17)33-4)34-16-18-7-5-6-8-22(18)29/h5-8,11-12,15,19H,9-10,13,16H2,1-4H3/t19-/m1/s1. The lowest BCUT2D eigenvalue weighted by atomic mass is 9.72. The van der Waals surface area contributed by atoms with E-state index in [1.54, 1.807) is 42.9 Å². The van der Waals surface area contributed by atoms with Crippen LogP contribution in [0.4, 0.5) is 9.39 Å². The molecule has 182 valence electrons. The molecule has 1 atom stereocenters. The lowest BCUT2D eigenvalue weighted by molar-refractivity contribution is 0.218. The van der Waals surface area contributed by atoms with Crippen LogP contribution in [0, 0.1) is 32.1 Å². The largest absolute Gasteiger partial charge is 0.493 e. The number of aliphatic imine (C=N–C) groups is 1. The van der Waals surface area contributed by atoms with E-state index < -0.39 is 0 Å². The summed E-state index contributed by atoms with van der Waals surface area (Å²) in [5.74, 6) is 1.42. The summed E-state index contributed by atoms with van der Waals surface area (Å²) in [5.41, 5.74) is 3.46. The fourth-order valence-corrected chi connectivity index (χ4v) is 6.37. The van der Waals surface area contributed by atoms with Gasteiger partial charge in [-0.1, -0.05) is 39.0 Å². The lowest BCUT2D eigenvalue weighted by Gasteiger charge is -2.33. The summed E-state index contributed by atoms with van der Waals surface area (Å²) < 4.78 is 26.3. The van der Waals surface area contributed by atoms with Gasteiger partial charge < -0.3 is 9.47 Å². The summed E-state index contributed by atoms with van der Waals surface area (Å²) in [7, 11) is 1.58. The number of rotatable bonds is 6. The molecule has 0 saturated carbocycles. The zero-order valence-electron chi connectivity index (χ0n) is 20.3. The highest BCUT2D eigenvalue weighted by Crippen LogP contribution is 2.45. The quantitative estimate of drug-likeness (QED) is 0.213. The van der Waals surface area contributed by atoms with E-state index in [0.717, 1.165) is 33.4 Å². The Morgan fingerprint density at radius 1 is 1.29 bits per heavy atom. The topological polar surface area (TPSA) is 54.6 Å². The van der Waals surface area contributed by atoms with Gasteiger partial charge in [0.05, 0.1) is 16.2 Å². The van der Waals surface area contributed by atoms with Crippen molar-refractivity contribution in [2.75, 3.05) is 7.11 Å². The van der Waals surface area contributed by atoms with Crippen LogP contribution in [-0.4, -0.2) is 13.3 Å². The van der Waals surface area contributed by atoms with Gasteiger partial charge in [0.2, 0.25) is 0 Å². The van der Waals surface area contributed by atoms with Gasteiger partial charge in [0.25, 0.3) is 0 Å². The molecule has 35 heavy (non-hydrogen) atoms. The van der Waals surface area contributed by atoms with E-state index in [9.17, 15) is 9.65 Å². The van der Waals surface area contributed by atoms with Crippen LogP contribution in [0.25, 0.3) is 0 Å². The predicted octanol–water partition coefficient (Wildman–Crippen LogP) is 7.85. The van der Waals surface area contributed by atoms with Crippen LogP contribution >= 0.6 is 33.9 Å². The summed E-state index contributed by atoms with van der Waals surface area (Å²) in [6, 6.07) is 12.7. The first kappa shape index (κ1) is 25.6. The summed E-state index contributed by atoms with van der Waals surface area (Å²) >= 11 is 3.82. The van der Waals surface area contributed by atoms with Gasteiger partial charge in [0, 0.05) is 16.7 Å². The molecule has 0 N–H and O–H groups in total. The summed E-state index contributed by atoms with van der Waals surface area (Å²) in [4.78, 5) is 6.01. The van der Waals surface area contributed by atoms with Crippen molar-refractivity contribution in [3.63, 3.8) is 0 Å². The van der Waals surface area contributed by atoms with E-state index in [1.165, 1.54) is 16.5 Å². The average molecular weight is 603 g/mol. The van der Waals surface area contributed by atoms with Crippen LogP contribution in [0.2, 0.25) is 0 Å². The molecular weight excluding hydrogens is 574 g/mol. The Bertz CT molecular complexity index is 1300. The maximum Gasteiger partial charge on any atom is 0.174 e. The van der Waals surface area contributed by atoms with Crippen molar-refractivity contribution in [3.05, 3.63) is 72.9 Å². The first-order chi connectivity index (χ1) is 16.7. The zero-order valence-corrected chi connectivity index (χ0v) is 23.3. The van der Waals surface area contributed by atoms with Gasteiger partial charge >= 0.3 is 0 Å². The van der Waals surface area contributed by atoms with Crippen molar-refractivity contribution in [1.29, 1.82) is 5.26 Å². The highest BCUT2D eigenvalue weighted by molar-refractivity contribution is 14.1. The lowest BCUT2D eigenvalue weighted by Crippen LogP contribution is -2.26. The molecule has 1 aliphatic rings. The minimum absolute atomic E-state index is 0.105. The third-order valence-electron chi connectivity index (χ3n) is 6.50. The Morgan fingerprint density at radius 3 is 2.74 bits per heavy atom. The van der Waals surface area contributed by atoms with Crippen molar-refractivity contribution >= 4 is 45.1 Å². The van der Waals surface area contributed by atoms with Gasteiger partial charge in [-0.2, -0.15) is 5.26 Å². The first-order valence-corrected chi connectivity index (χ1v) is 13.4. The number of halogens is 2. The number of ether oxygens (including phenoxy) is 2. The fourth-order valence-electron chi connectivity index (χ4n) is 4.37. The Morgan fingerprint density at radius 2 is 2.06 bits per heavy atom. The molecule has 0 spiro atoms. The number of nitriles is 1. The molecule has 0 bridgehead atoms. The molecule has 4 rings (SSSR count). The molecule has 2 aromatic carbocycles. The van der Waals surface area contributed by atoms with Crippen molar-refractivity contribution in [3.8, 4) is 17.6 Å². The molecule has 1 aliphatic carbocycles. The van der Waals surface area contributed by atoms with Crippen molar-refractivity contribution in [1.82, 2.24) is 0 Å². The predicted molar refractivity (Wildman–Crippen MR) is 148 cm³/mol. The minimum Gasteiger partial charge on any atom is -0.493 e.